The highest BCUT2D eigenvalue weighted by Gasteiger charge is 2.38. The minimum absolute atomic E-state index is 0.00459. The summed E-state index contributed by atoms with van der Waals surface area (Å²) in [6.07, 6.45) is -2.30. The van der Waals surface area contributed by atoms with E-state index < -0.39 is 18.1 Å². The fraction of sp³-hybridized carbons (Fsp3) is 0.231. The molecular formula is C26H26F3N3O6. The number of nitrogens with two attached hydrogens (primary N) is 1. The lowest BCUT2D eigenvalue weighted by Gasteiger charge is -2.09. The van der Waals surface area contributed by atoms with Gasteiger partial charge in [0.1, 0.15) is 5.84 Å². The Balaban J connectivity index is 0.000000638. The average molecular weight is 534 g/mol. The summed E-state index contributed by atoms with van der Waals surface area (Å²) in [5.74, 6) is -3.54. The van der Waals surface area contributed by atoms with Crippen LogP contribution in [-0.2, 0) is 27.1 Å². The normalized spacial score (nSPS) is 10.7. The molecule has 1 heterocycles. The van der Waals surface area contributed by atoms with Crippen LogP contribution in [0.1, 0.15) is 55.6 Å². The molecule has 3 aromatic rings. The Bertz CT molecular complexity index is 1300. The summed E-state index contributed by atoms with van der Waals surface area (Å²) in [5.41, 5.74) is 10.6. The molecule has 0 unspecified atom stereocenters. The molecule has 202 valence electrons. The van der Waals surface area contributed by atoms with Crippen LogP contribution in [-0.4, -0.2) is 53.7 Å². The highest BCUT2D eigenvalue weighted by atomic mass is 19.4. The van der Waals surface area contributed by atoms with Crippen molar-refractivity contribution in [3.63, 3.8) is 0 Å². The molecule has 0 fully saturated rings. The molecule has 0 bridgehead atoms. The van der Waals surface area contributed by atoms with Crippen LogP contribution in [0.4, 0.5) is 13.2 Å². The van der Waals surface area contributed by atoms with E-state index in [0.29, 0.717) is 29.5 Å². The van der Waals surface area contributed by atoms with Crippen LogP contribution in [0.15, 0.2) is 54.7 Å². The van der Waals surface area contributed by atoms with E-state index in [1.165, 1.54) is 7.11 Å². The molecule has 0 aliphatic rings. The Morgan fingerprint density at radius 3 is 2.16 bits per heavy atom. The summed E-state index contributed by atoms with van der Waals surface area (Å²) in [4.78, 5) is 36.5. The topological polar surface area (TPSA) is 156 Å². The van der Waals surface area contributed by atoms with Gasteiger partial charge in [-0.3, -0.25) is 5.41 Å². The Morgan fingerprint density at radius 1 is 1.00 bits per heavy atom. The smallest absolute Gasteiger partial charge is 0.475 e. The highest BCUT2D eigenvalue weighted by Crippen LogP contribution is 2.23. The number of H-pyrrole nitrogens is 1. The maximum atomic E-state index is 12.7. The van der Waals surface area contributed by atoms with Crippen LogP contribution >= 0.6 is 0 Å². The van der Waals surface area contributed by atoms with Crippen molar-refractivity contribution in [1.29, 1.82) is 5.41 Å². The number of nitrogens with one attached hydrogen (secondary N) is 2. The third-order valence-electron chi connectivity index (χ3n) is 5.15. The number of hydrogen-bond donors (Lipinski definition) is 4. The van der Waals surface area contributed by atoms with Crippen molar-refractivity contribution in [2.24, 2.45) is 5.73 Å². The number of methoxy groups -OCH3 is 1. The van der Waals surface area contributed by atoms with Crippen molar-refractivity contribution in [2.45, 2.75) is 25.9 Å². The van der Waals surface area contributed by atoms with Crippen LogP contribution in [0.2, 0.25) is 0 Å². The molecule has 2 aromatic carbocycles. The van der Waals surface area contributed by atoms with Gasteiger partial charge in [0.2, 0.25) is 0 Å². The van der Waals surface area contributed by atoms with Gasteiger partial charge in [0.25, 0.3) is 0 Å². The minimum Gasteiger partial charge on any atom is -0.475 e. The molecule has 12 heteroatoms. The fourth-order valence-corrected chi connectivity index (χ4v) is 3.40. The second-order valence-electron chi connectivity index (χ2n) is 7.85. The van der Waals surface area contributed by atoms with Gasteiger partial charge >= 0.3 is 24.1 Å². The van der Waals surface area contributed by atoms with Crippen LogP contribution in [0.25, 0.3) is 0 Å². The second-order valence-corrected chi connectivity index (χ2v) is 7.85. The maximum Gasteiger partial charge on any atom is 0.490 e. The molecule has 38 heavy (non-hydrogen) atoms. The maximum absolute atomic E-state index is 12.7. The van der Waals surface area contributed by atoms with Crippen molar-refractivity contribution in [1.82, 2.24) is 4.98 Å². The van der Waals surface area contributed by atoms with Gasteiger partial charge in [-0.15, -0.1) is 0 Å². The summed E-state index contributed by atoms with van der Waals surface area (Å²) in [7, 11) is 1.34. The molecule has 0 aliphatic carbocycles. The first kappa shape index (κ1) is 29.6. The molecule has 0 aliphatic heterocycles. The lowest BCUT2D eigenvalue weighted by Crippen LogP contribution is -2.21. The van der Waals surface area contributed by atoms with Crippen molar-refractivity contribution >= 4 is 23.7 Å². The molecule has 0 saturated heterocycles. The first-order chi connectivity index (χ1) is 17.9. The summed E-state index contributed by atoms with van der Waals surface area (Å²) in [6.45, 7) is 2.04. The number of carboxylic acid groups (broad SMARTS) is 1. The number of nitrogen functional groups attached to an aromatic ring is 1. The lowest BCUT2D eigenvalue weighted by atomic mass is 9.98. The SMILES string of the molecule is CCOC(=O)c1c(Cc2ccc(C(=O)OC)cc2)c[nH]c1Cc1cccc(C(=N)N)c1.O=C(O)C(F)(F)F. The quantitative estimate of drug-likeness (QED) is 0.193. The van der Waals surface area contributed by atoms with Crippen molar-refractivity contribution < 1.29 is 42.1 Å². The number of alkyl halides is 3. The Kier molecular flexibility index (Phi) is 10.2. The number of carbonyl (C=O) groups excluding carboxylic acids is 2. The van der Waals surface area contributed by atoms with Gasteiger partial charge < -0.3 is 25.3 Å². The van der Waals surface area contributed by atoms with Gasteiger partial charge in [0, 0.05) is 23.9 Å². The summed E-state index contributed by atoms with van der Waals surface area (Å²) in [6, 6.07) is 14.4. The Morgan fingerprint density at radius 2 is 1.63 bits per heavy atom. The summed E-state index contributed by atoms with van der Waals surface area (Å²) >= 11 is 0. The molecule has 5 N–H and O–H groups in total. The third-order valence-corrected chi connectivity index (χ3v) is 5.15. The second kappa shape index (κ2) is 13.1. The van der Waals surface area contributed by atoms with Gasteiger partial charge in [-0.05, 0) is 48.2 Å². The first-order valence-electron chi connectivity index (χ1n) is 11.1. The lowest BCUT2D eigenvalue weighted by molar-refractivity contribution is -0.192. The number of amidine groups is 1. The Hall–Kier alpha value is -4.61. The van der Waals surface area contributed by atoms with Crippen LogP contribution in [0.5, 0.6) is 0 Å². The van der Waals surface area contributed by atoms with Gasteiger partial charge in [-0.1, -0.05) is 30.3 Å². The minimum atomic E-state index is -5.08. The number of esters is 2. The predicted octanol–water partition coefficient (Wildman–Crippen LogP) is 4.08. The van der Waals surface area contributed by atoms with E-state index in [1.807, 2.05) is 36.5 Å². The molecule has 0 amide bonds. The van der Waals surface area contributed by atoms with Crippen LogP contribution in [0.3, 0.4) is 0 Å². The van der Waals surface area contributed by atoms with Crippen molar-refractivity contribution in [3.8, 4) is 0 Å². The number of aromatic amines is 1. The highest BCUT2D eigenvalue weighted by molar-refractivity contribution is 5.95. The largest absolute Gasteiger partial charge is 0.490 e. The monoisotopic (exact) mass is 533 g/mol. The van der Waals surface area contributed by atoms with E-state index >= 15 is 0 Å². The predicted molar refractivity (Wildman–Crippen MR) is 131 cm³/mol. The summed E-state index contributed by atoms with van der Waals surface area (Å²) in [5, 5.41) is 14.8. The van der Waals surface area contributed by atoms with Gasteiger partial charge in [0.15, 0.2) is 0 Å². The van der Waals surface area contributed by atoms with E-state index in [-0.39, 0.29) is 18.4 Å². The molecule has 0 saturated carbocycles. The fourth-order valence-electron chi connectivity index (χ4n) is 3.40. The number of aromatic nitrogens is 1. The van der Waals surface area contributed by atoms with E-state index in [9.17, 15) is 22.8 Å². The molecular weight excluding hydrogens is 507 g/mol. The number of benzene rings is 2. The molecule has 0 radical (unpaired) electrons. The molecule has 1 aromatic heterocycles. The van der Waals surface area contributed by atoms with Crippen LogP contribution < -0.4 is 5.73 Å². The summed E-state index contributed by atoms with van der Waals surface area (Å²) < 4.78 is 41.8. The number of hydrogen-bond acceptors (Lipinski definition) is 6. The zero-order valence-corrected chi connectivity index (χ0v) is 20.5. The first-order valence-corrected chi connectivity index (χ1v) is 11.1. The van der Waals surface area contributed by atoms with E-state index in [4.69, 9.17) is 30.5 Å². The number of rotatable bonds is 8. The number of carbonyl (C=O) groups is 3. The van der Waals surface area contributed by atoms with Gasteiger partial charge in [0.05, 0.1) is 24.8 Å². The third kappa shape index (κ3) is 8.22. The molecule has 3 rings (SSSR count). The van der Waals surface area contributed by atoms with Gasteiger partial charge in [-0.2, -0.15) is 13.2 Å². The zero-order chi connectivity index (χ0) is 28.5. The van der Waals surface area contributed by atoms with E-state index in [0.717, 1.165) is 22.4 Å². The number of carboxylic acids is 1. The van der Waals surface area contributed by atoms with E-state index in [2.05, 4.69) is 4.98 Å². The average Bonchev–Trinajstić information content (AvgIpc) is 3.25. The molecule has 9 nitrogen and oxygen atoms in total. The van der Waals surface area contributed by atoms with E-state index in [1.54, 1.807) is 25.1 Å². The van der Waals surface area contributed by atoms with Crippen molar-refractivity contribution in [3.05, 3.63) is 93.8 Å². The zero-order valence-electron chi connectivity index (χ0n) is 20.5. The number of halogens is 3. The van der Waals surface area contributed by atoms with Gasteiger partial charge in [-0.25, -0.2) is 14.4 Å². The van der Waals surface area contributed by atoms with Crippen molar-refractivity contribution in [2.75, 3.05) is 13.7 Å². The number of ether oxygens (including phenoxy) is 2. The standard InChI is InChI=1S/C24H25N3O4.C2HF3O2/c1-3-31-24(29)21-19(11-15-7-9-17(10-8-15)23(28)30-2)14-27-20(21)13-16-5-4-6-18(12-16)22(25)26;3-2(4,5)1(6)7/h4-10,12,14,27H,3,11,13H2,1-2H3,(H3,25,26);(H,6,7). The molecule has 0 atom stereocenters. The van der Waals surface area contributed by atoms with Crippen LogP contribution in [0, 0.1) is 5.41 Å². The molecule has 0 spiro atoms. The Labute approximate surface area is 215 Å². The number of aliphatic carboxylic acids is 1.